The summed E-state index contributed by atoms with van der Waals surface area (Å²) in [5, 5.41) is 1.71. The summed E-state index contributed by atoms with van der Waals surface area (Å²) in [6, 6.07) is 0.268. The van der Waals surface area contributed by atoms with Crippen molar-refractivity contribution in [2.45, 2.75) is 25.8 Å². The lowest BCUT2D eigenvalue weighted by Crippen LogP contribution is -2.35. The summed E-state index contributed by atoms with van der Waals surface area (Å²) in [6.45, 7) is 2.12. The molecule has 13 heavy (non-hydrogen) atoms. The number of likely N-dealkylation sites (N-methyl/N-ethyl adjacent to an activating group) is 1. The Kier molecular flexibility index (Phi) is 3.31. The summed E-state index contributed by atoms with van der Waals surface area (Å²) in [6.07, 6.45) is 4.04. The first-order chi connectivity index (χ1) is 6.19. The van der Waals surface area contributed by atoms with Gasteiger partial charge in [-0.3, -0.25) is 0 Å². The van der Waals surface area contributed by atoms with Crippen molar-refractivity contribution < 1.29 is 9.53 Å². The van der Waals surface area contributed by atoms with Gasteiger partial charge in [-0.2, -0.15) is 0 Å². The maximum atomic E-state index is 11.2. The van der Waals surface area contributed by atoms with E-state index >= 15 is 0 Å². The van der Waals surface area contributed by atoms with Crippen molar-refractivity contribution in [2.24, 2.45) is 0 Å². The van der Waals surface area contributed by atoms with Gasteiger partial charge in [0.15, 0.2) is 0 Å². The molecular formula is C9H16N2O2. The number of nitrogens with zero attached hydrogens (tertiary/aromatic N) is 1. The number of methoxy groups -OCH3 is 1. The molecule has 0 saturated carbocycles. The van der Waals surface area contributed by atoms with Gasteiger partial charge in [0.05, 0.1) is 7.11 Å². The predicted octanol–water partition coefficient (Wildman–Crippen LogP) is 0.662. The van der Waals surface area contributed by atoms with E-state index in [1.54, 1.807) is 5.01 Å². The lowest BCUT2D eigenvalue weighted by Gasteiger charge is -2.16. The van der Waals surface area contributed by atoms with Gasteiger partial charge in [-0.15, -0.1) is 0 Å². The van der Waals surface area contributed by atoms with E-state index in [1.165, 1.54) is 7.11 Å². The Hall–Kier alpha value is -1.03. The molecule has 1 atom stereocenters. The lowest BCUT2D eigenvalue weighted by atomic mass is 10.2. The van der Waals surface area contributed by atoms with Crippen LogP contribution in [0.1, 0.15) is 19.8 Å². The second kappa shape index (κ2) is 4.28. The zero-order valence-electron chi connectivity index (χ0n) is 8.33. The lowest BCUT2D eigenvalue weighted by molar-refractivity contribution is -0.137. The van der Waals surface area contributed by atoms with Crippen LogP contribution < -0.4 is 5.43 Å². The molecule has 0 amide bonds. The van der Waals surface area contributed by atoms with E-state index < -0.39 is 0 Å². The van der Waals surface area contributed by atoms with E-state index in [9.17, 15) is 4.79 Å². The van der Waals surface area contributed by atoms with Crippen LogP contribution in [0.3, 0.4) is 0 Å². The topological polar surface area (TPSA) is 41.6 Å². The molecule has 1 N–H and O–H groups in total. The molecule has 0 bridgehead atoms. The molecule has 0 radical (unpaired) electrons. The van der Waals surface area contributed by atoms with Gasteiger partial charge in [-0.25, -0.2) is 10.2 Å². The van der Waals surface area contributed by atoms with Gasteiger partial charge in [0, 0.05) is 13.1 Å². The predicted molar refractivity (Wildman–Crippen MR) is 49.7 cm³/mol. The van der Waals surface area contributed by atoms with Gasteiger partial charge < -0.3 is 9.75 Å². The van der Waals surface area contributed by atoms with E-state index in [1.807, 2.05) is 13.1 Å². The van der Waals surface area contributed by atoms with Gasteiger partial charge in [0.25, 0.3) is 0 Å². The van der Waals surface area contributed by atoms with Crippen LogP contribution in [0.4, 0.5) is 0 Å². The molecule has 0 saturated heterocycles. The Labute approximate surface area is 78.5 Å². The van der Waals surface area contributed by atoms with Crippen LogP contribution in [-0.2, 0) is 9.53 Å². The van der Waals surface area contributed by atoms with Crippen LogP contribution in [-0.4, -0.2) is 31.2 Å². The van der Waals surface area contributed by atoms with Crippen molar-refractivity contribution in [2.75, 3.05) is 14.2 Å². The molecule has 0 spiro atoms. The number of rotatable bonds is 3. The molecule has 0 aliphatic carbocycles. The number of nitrogens with one attached hydrogen (secondary N) is 1. The molecule has 4 nitrogen and oxygen atoms in total. The highest BCUT2D eigenvalue weighted by Gasteiger charge is 2.24. The van der Waals surface area contributed by atoms with Crippen molar-refractivity contribution in [3.63, 3.8) is 0 Å². The summed E-state index contributed by atoms with van der Waals surface area (Å²) >= 11 is 0. The largest absolute Gasteiger partial charge is 0.464 e. The van der Waals surface area contributed by atoms with Crippen molar-refractivity contribution >= 4 is 5.97 Å². The van der Waals surface area contributed by atoms with Gasteiger partial charge in [0.1, 0.15) is 5.70 Å². The second-order valence-corrected chi connectivity index (χ2v) is 3.13. The number of ether oxygens (including phenoxy) is 1. The Morgan fingerprint density at radius 1 is 1.77 bits per heavy atom. The molecule has 0 aromatic rings. The van der Waals surface area contributed by atoms with E-state index in [0.29, 0.717) is 5.70 Å². The SMILES string of the molecule is CCCC1C=C(C(=O)OC)N(C)N1. The third-order valence-corrected chi connectivity index (χ3v) is 2.07. The number of hydrogen-bond donors (Lipinski definition) is 1. The minimum Gasteiger partial charge on any atom is -0.464 e. The standard InChI is InChI=1S/C9H16N2O2/c1-4-5-7-6-8(9(12)13-3)11(2)10-7/h6-7,10H,4-5H2,1-3H3. The first-order valence-electron chi connectivity index (χ1n) is 4.49. The third-order valence-electron chi connectivity index (χ3n) is 2.07. The Balaban J connectivity index is 2.62. The van der Waals surface area contributed by atoms with Crippen LogP contribution in [0, 0.1) is 0 Å². The maximum absolute atomic E-state index is 11.2. The normalized spacial score (nSPS) is 21.6. The average Bonchev–Trinajstić information content (AvgIpc) is 2.46. The number of carbonyl (C=O) groups is 1. The summed E-state index contributed by atoms with van der Waals surface area (Å²) in [4.78, 5) is 11.2. The fourth-order valence-corrected chi connectivity index (χ4v) is 1.43. The Morgan fingerprint density at radius 3 is 3.00 bits per heavy atom. The molecule has 1 heterocycles. The molecule has 4 heteroatoms. The summed E-state index contributed by atoms with van der Waals surface area (Å²) in [5.41, 5.74) is 3.76. The highest BCUT2D eigenvalue weighted by Crippen LogP contribution is 2.14. The molecule has 0 aromatic heterocycles. The summed E-state index contributed by atoms with van der Waals surface area (Å²) < 4.78 is 4.64. The Morgan fingerprint density at radius 2 is 2.46 bits per heavy atom. The molecule has 1 aliphatic heterocycles. The monoisotopic (exact) mass is 184 g/mol. The molecule has 1 aliphatic rings. The smallest absolute Gasteiger partial charge is 0.355 e. The van der Waals surface area contributed by atoms with Crippen molar-refractivity contribution in [3.8, 4) is 0 Å². The van der Waals surface area contributed by atoms with Gasteiger partial charge in [-0.1, -0.05) is 13.3 Å². The first kappa shape index (κ1) is 10.1. The number of esters is 1. The molecule has 1 rings (SSSR count). The molecule has 74 valence electrons. The van der Waals surface area contributed by atoms with Crippen LogP contribution in [0.15, 0.2) is 11.8 Å². The van der Waals surface area contributed by atoms with Crippen LogP contribution in [0.5, 0.6) is 0 Å². The first-order valence-corrected chi connectivity index (χ1v) is 4.49. The highest BCUT2D eigenvalue weighted by molar-refractivity contribution is 5.88. The fraction of sp³-hybridized carbons (Fsp3) is 0.667. The molecule has 0 aromatic carbocycles. The average molecular weight is 184 g/mol. The van der Waals surface area contributed by atoms with Crippen molar-refractivity contribution in [1.29, 1.82) is 0 Å². The molecule has 1 unspecified atom stereocenters. The summed E-state index contributed by atoms with van der Waals surface area (Å²) in [7, 11) is 3.21. The maximum Gasteiger partial charge on any atom is 0.355 e. The van der Waals surface area contributed by atoms with Crippen LogP contribution in [0.25, 0.3) is 0 Å². The van der Waals surface area contributed by atoms with Crippen molar-refractivity contribution in [3.05, 3.63) is 11.8 Å². The minimum atomic E-state index is -0.284. The summed E-state index contributed by atoms with van der Waals surface area (Å²) in [5.74, 6) is -0.284. The van der Waals surface area contributed by atoms with Gasteiger partial charge in [-0.05, 0) is 12.5 Å². The van der Waals surface area contributed by atoms with E-state index in [2.05, 4.69) is 17.1 Å². The zero-order chi connectivity index (χ0) is 9.84. The molecular weight excluding hydrogens is 168 g/mol. The Bertz CT molecular complexity index is 226. The van der Waals surface area contributed by atoms with Crippen LogP contribution >= 0.6 is 0 Å². The number of hydrogen-bond acceptors (Lipinski definition) is 4. The highest BCUT2D eigenvalue weighted by atomic mass is 16.5. The number of hydrazine groups is 1. The zero-order valence-corrected chi connectivity index (χ0v) is 8.33. The fourth-order valence-electron chi connectivity index (χ4n) is 1.43. The van der Waals surface area contributed by atoms with Crippen LogP contribution in [0.2, 0.25) is 0 Å². The quantitative estimate of drug-likeness (QED) is 0.654. The van der Waals surface area contributed by atoms with Gasteiger partial charge >= 0.3 is 5.97 Å². The van der Waals surface area contributed by atoms with E-state index in [4.69, 9.17) is 0 Å². The second-order valence-electron chi connectivity index (χ2n) is 3.13. The minimum absolute atomic E-state index is 0.268. The molecule has 0 fully saturated rings. The third kappa shape index (κ3) is 2.21. The van der Waals surface area contributed by atoms with Crippen molar-refractivity contribution in [1.82, 2.24) is 10.4 Å². The number of carbonyl (C=O) groups excluding carboxylic acids is 1. The van der Waals surface area contributed by atoms with E-state index in [0.717, 1.165) is 12.8 Å². The van der Waals surface area contributed by atoms with Gasteiger partial charge in [0.2, 0.25) is 0 Å². The van der Waals surface area contributed by atoms with E-state index in [-0.39, 0.29) is 12.0 Å².